The lowest BCUT2D eigenvalue weighted by Gasteiger charge is -2.28. The number of hydrogen-bond donors (Lipinski definition) is 3. The number of ether oxygens (including phenoxy) is 1. The minimum absolute atomic E-state index is 0.0685. The third-order valence-corrected chi connectivity index (χ3v) is 4.62. The smallest absolute Gasteiger partial charge is 0.339 e. The maximum atomic E-state index is 12.1. The van der Waals surface area contributed by atoms with Gasteiger partial charge in [-0.2, -0.15) is 0 Å². The second-order valence-corrected chi connectivity index (χ2v) is 8.77. The van der Waals surface area contributed by atoms with Crippen LogP contribution in [0.3, 0.4) is 0 Å². The highest BCUT2D eigenvalue weighted by molar-refractivity contribution is 7.80. The van der Waals surface area contributed by atoms with Gasteiger partial charge in [-0.25, -0.2) is 4.79 Å². The van der Waals surface area contributed by atoms with Gasteiger partial charge in [0.25, 0.3) is 0 Å². The van der Waals surface area contributed by atoms with E-state index in [1.165, 1.54) is 7.11 Å². The van der Waals surface area contributed by atoms with Gasteiger partial charge < -0.3 is 20.7 Å². The molecular weight excluding hydrogens is 445 g/mol. The Labute approximate surface area is 185 Å². The zero-order chi connectivity index (χ0) is 21.2. The van der Waals surface area contributed by atoms with Crippen LogP contribution in [0.1, 0.15) is 49.4 Å². The number of methoxy groups -OCH3 is 1. The Kier molecular flexibility index (Phi) is 10.9. The fourth-order valence-electron chi connectivity index (χ4n) is 2.31. The number of halogens is 3. The average molecular weight is 469 g/mol. The highest BCUT2D eigenvalue weighted by Gasteiger charge is 2.34. The molecule has 156 valence electrons. The molecule has 0 saturated carbocycles. The van der Waals surface area contributed by atoms with Gasteiger partial charge in [0.1, 0.15) is 6.17 Å². The van der Waals surface area contributed by atoms with E-state index in [1.54, 1.807) is 24.3 Å². The standard InChI is InChI=1S/C18H24Cl3N3O3S/c1-3-4-5-6-11-14(25)23-16(18(19,20)21)24-17(28)22-13-10-8-7-9-12(13)15(26)27-2/h7-10,16H,3-6,11H2,1-2H3,(H,23,25)(H2,22,24,28). The number of carbonyl (C=O) groups is 2. The number of para-hydroxylation sites is 1. The second-order valence-electron chi connectivity index (χ2n) is 5.99. The summed E-state index contributed by atoms with van der Waals surface area (Å²) in [7, 11) is 1.28. The number of hydrogen-bond acceptors (Lipinski definition) is 4. The van der Waals surface area contributed by atoms with Gasteiger partial charge in [-0.1, -0.05) is 73.1 Å². The molecule has 0 aliphatic rings. The molecule has 6 nitrogen and oxygen atoms in total. The SMILES string of the molecule is CCCCCCC(=O)NC(NC(=S)Nc1ccccc1C(=O)OC)C(Cl)(Cl)Cl. The first-order chi connectivity index (χ1) is 13.2. The quantitative estimate of drug-likeness (QED) is 0.162. The molecule has 0 bridgehead atoms. The van der Waals surface area contributed by atoms with Crippen LogP contribution in [0.15, 0.2) is 24.3 Å². The summed E-state index contributed by atoms with van der Waals surface area (Å²) in [6.45, 7) is 2.09. The molecule has 1 aromatic carbocycles. The van der Waals surface area contributed by atoms with Crippen LogP contribution in [-0.2, 0) is 9.53 Å². The van der Waals surface area contributed by atoms with Crippen LogP contribution in [-0.4, -0.2) is 34.1 Å². The maximum absolute atomic E-state index is 12.1. The van der Waals surface area contributed by atoms with Gasteiger partial charge >= 0.3 is 5.97 Å². The first-order valence-corrected chi connectivity index (χ1v) is 10.3. The number of esters is 1. The molecule has 0 spiro atoms. The molecule has 0 saturated heterocycles. The van der Waals surface area contributed by atoms with Crippen LogP contribution in [0.5, 0.6) is 0 Å². The van der Waals surface area contributed by atoms with Crippen LogP contribution < -0.4 is 16.0 Å². The van der Waals surface area contributed by atoms with Crippen molar-refractivity contribution in [2.24, 2.45) is 0 Å². The number of carbonyl (C=O) groups excluding carboxylic acids is 2. The van der Waals surface area contributed by atoms with Gasteiger partial charge in [0.15, 0.2) is 5.11 Å². The molecule has 0 aliphatic heterocycles. The number of amides is 1. The molecule has 0 heterocycles. The number of anilines is 1. The molecule has 0 aliphatic carbocycles. The molecule has 0 radical (unpaired) electrons. The number of thiocarbonyl (C=S) groups is 1. The van der Waals surface area contributed by atoms with Crippen LogP contribution in [0.4, 0.5) is 5.69 Å². The predicted molar refractivity (Wildman–Crippen MR) is 118 cm³/mol. The van der Waals surface area contributed by atoms with E-state index in [2.05, 4.69) is 22.9 Å². The Balaban J connectivity index is 2.73. The van der Waals surface area contributed by atoms with Crippen molar-refractivity contribution in [3.63, 3.8) is 0 Å². The summed E-state index contributed by atoms with van der Waals surface area (Å²) in [5.41, 5.74) is 0.709. The van der Waals surface area contributed by atoms with Crippen LogP contribution >= 0.6 is 47.0 Å². The van der Waals surface area contributed by atoms with Crippen molar-refractivity contribution in [1.82, 2.24) is 10.6 Å². The molecule has 10 heteroatoms. The number of benzene rings is 1. The van der Waals surface area contributed by atoms with Crippen molar-refractivity contribution in [1.29, 1.82) is 0 Å². The number of alkyl halides is 3. The molecule has 1 rings (SSSR count). The molecular formula is C18H24Cl3N3O3S. The fraction of sp³-hybridized carbons (Fsp3) is 0.500. The summed E-state index contributed by atoms with van der Waals surface area (Å²) in [5.74, 6) is -0.776. The van der Waals surface area contributed by atoms with Gasteiger partial charge in [-0.15, -0.1) is 0 Å². The topological polar surface area (TPSA) is 79.5 Å². The van der Waals surface area contributed by atoms with E-state index < -0.39 is 15.9 Å². The number of nitrogens with one attached hydrogen (secondary N) is 3. The van der Waals surface area contributed by atoms with Gasteiger partial charge in [-0.05, 0) is 30.8 Å². The lowest BCUT2D eigenvalue weighted by molar-refractivity contribution is -0.122. The van der Waals surface area contributed by atoms with E-state index in [1.807, 2.05) is 0 Å². The Morgan fingerprint density at radius 3 is 2.43 bits per heavy atom. The molecule has 1 unspecified atom stereocenters. The molecule has 1 aromatic rings. The Hall–Kier alpha value is -1.28. The third kappa shape index (κ3) is 8.82. The van der Waals surface area contributed by atoms with Crippen molar-refractivity contribution < 1.29 is 14.3 Å². The monoisotopic (exact) mass is 467 g/mol. The Morgan fingerprint density at radius 1 is 1.14 bits per heavy atom. The number of rotatable bonds is 9. The van der Waals surface area contributed by atoms with Crippen molar-refractivity contribution in [3.8, 4) is 0 Å². The first kappa shape index (κ1) is 24.8. The maximum Gasteiger partial charge on any atom is 0.339 e. The van der Waals surface area contributed by atoms with E-state index in [0.29, 0.717) is 17.7 Å². The van der Waals surface area contributed by atoms with Crippen molar-refractivity contribution in [2.75, 3.05) is 12.4 Å². The molecule has 28 heavy (non-hydrogen) atoms. The van der Waals surface area contributed by atoms with Gasteiger partial charge in [0.2, 0.25) is 9.70 Å². The minimum Gasteiger partial charge on any atom is -0.465 e. The molecule has 3 N–H and O–H groups in total. The summed E-state index contributed by atoms with van der Waals surface area (Å²) >= 11 is 23.1. The zero-order valence-corrected chi connectivity index (χ0v) is 18.8. The molecule has 0 fully saturated rings. The zero-order valence-electron chi connectivity index (χ0n) is 15.7. The lowest BCUT2D eigenvalue weighted by atomic mass is 10.1. The largest absolute Gasteiger partial charge is 0.465 e. The second kappa shape index (κ2) is 12.3. The van der Waals surface area contributed by atoms with Crippen LogP contribution in [0.25, 0.3) is 0 Å². The molecule has 1 atom stereocenters. The summed E-state index contributed by atoms with van der Waals surface area (Å²) in [4.78, 5) is 24.0. The van der Waals surface area contributed by atoms with E-state index in [-0.39, 0.29) is 11.0 Å². The highest BCUT2D eigenvalue weighted by Crippen LogP contribution is 2.29. The van der Waals surface area contributed by atoms with Gasteiger partial charge in [-0.3, -0.25) is 4.79 Å². The summed E-state index contributed by atoms with van der Waals surface area (Å²) in [5, 5.41) is 8.32. The Morgan fingerprint density at radius 2 is 1.82 bits per heavy atom. The van der Waals surface area contributed by atoms with E-state index in [4.69, 9.17) is 51.8 Å². The average Bonchev–Trinajstić information content (AvgIpc) is 2.63. The van der Waals surface area contributed by atoms with E-state index >= 15 is 0 Å². The lowest BCUT2D eigenvalue weighted by Crippen LogP contribution is -2.56. The number of unbranched alkanes of at least 4 members (excludes halogenated alkanes) is 3. The summed E-state index contributed by atoms with van der Waals surface area (Å²) in [6, 6.07) is 6.65. The Bertz CT molecular complexity index is 684. The normalized spacial score (nSPS) is 12.0. The van der Waals surface area contributed by atoms with Crippen molar-refractivity contribution in [2.45, 2.75) is 49.0 Å². The first-order valence-electron chi connectivity index (χ1n) is 8.80. The fourth-order valence-corrected chi connectivity index (χ4v) is 2.87. The van der Waals surface area contributed by atoms with Gasteiger partial charge in [0.05, 0.1) is 18.4 Å². The highest BCUT2D eigenvalue weighted by atomic mass is 35.6. The third-order valence-electron chi connectivity index (χ3n) is 3.75. The van der Waals surface area contributed by atoms with E-state index in [0.717, 1.165) is 25.7 Å². The minimum atomic E-state index is -1.84. The van der Waals surface area contributed by atoms with Crippen LogP contribution in [0.2, 0.25) is 0 Å². The predicted octanol–water partition coefficient (Wildman–Crippen LogP) is 4.54. The summed E-state index contributed by atoms with van der Waals surface area (Å²) in [6.07, 6.45) is 3.12. The molecule has 1 amide bonds. The van der Waals surface area contributed by atoms with Crippen molar-refractivity contribution in [3.05, 3.63) is 29.8 Å². The van der Waals surface area contributed by atoms with Gasteiger partial charge in [0, 0.05) is 6.42 Å². The van der Waals surface area contributed by atoms with E-state index in [9.17, 15) is 9.59 Å². The molecule has 0 aromatic heterocycles. The van der Waals surface area contributed by atoms with Crippen LogP contribution in [0, 0.1) is 0 Å². The van der Waals surface area contributed by atoms with Crippen molar-refractivity contribution >= 4 is 69.7 Å². The summed E-state index contributed by atoms with van der Waals surface area (Å²) < 4.78 is 2.90.